The molecule has 21 heavy (non-hydrogen) atoms. The maximum absolute atomic E-state index is 12.0. The maximum Gasteiger partial charge on any atom is 0.252 e. The predicted molar refractivity (Wildman–Crippen MR) is 88.1 cm³/mol. The van der Waals surface area contributed by atoms with Gasteiger partial charge in [0.2, 0.25) is 0 Å². The van der Waals surface area contributed by atoms with Crippen molar-refractivity contribution in [3.05, 3.63) is 50.2 Å². The summed E-state index contributed by atoms with van der Waals surface area (Å²) in [5, 5.41) is 8.01. The molecule has 1 amide bonds. The Morgan fingerprint density at radius 1 is 1.38 bits per heavy atom. The number of aromatic nitrogens is 2. The number of hydrogen-bond acceptors (Lipinski definition) is 2. The van der Waals surface area contributed by atoms with Crippen LogP contribution in [0.25, 0.3) is 0 Å². The van der Waals surface area contributed by atoms with Gasteiger partial charge in [0, 0.05) is 17.6 Å². The standard InChI is InChI=1S/C14H14BrCl2N3O/c1-9-12(16)13(17)20(19-9)8-4-7-18-14(21)10-5-2-3-6-11(10)15/h2-3,5-6H,4,7-8H2,1H3,(H,18,21). The van der Waals surface area contributed by atoms with Crippen LogP contribution < -0.4 is 5.32 Å². The zero-order valence-corrected chi connectivity index (χ0v) is 14.5. The van der Waals surface area contributed by atoms with Crippen molar-refractivity contribution in [1.29, 1.82) is 0 Å². The third-order valence-electron chi connectivity index (χ3n) is 2.95. The van der Waals surface area contributed by atoms with Crippen LogP contribution in [0.2, 0.25) is 10.2 Å². The van der Waals surface area contributed by atoms with Crippen LogP contribution in [0.4, 0.5) is 0 Å². The van der Waals surface area contributed by atoms with E-state index in [1.807, 2.05) is 18.2 Å². The molecule has 1 N–H and O–H groups in total. The minimum absolute atomic E-state index is 0.108. The average molecular weight is 391 g/mol. The highest BCUT2D eigenvalue weighted by molar-refractivity contribution is 9.10. The minimum Gasteiger partial charge on any atom is -0.352 e. The van der Waals surface area contributed by atoms with Crippen molar-refractivity contribution in [3.63, 3.8) is 0 Å². The normalized spacial score (nSPS) is 10.7. The van der Waals surface area contributed by atoms with E-state index in [1.54, 1.807) is 17.7 Å². The first-order chi connectivity index (χ1) is 10.0. The molecular formula is C14H14BrCl2N3O. The number of benzene rings is 1. The van der Waals surface area contributed by atoms with Crippen LogP contribution >= 0.6 is 39.1 Å². The first-order valence-corrected chi connectivity index (χ1v) is 7.96. The number of carbonyl (C=O) groups is 1. The lowest BCUT2D eigenvalue weighted by atomic mass is 10.2. The van der Waals surface area contributed by atoms with E-state index in [-0.39, 0.29) is 5.91 Å². The number of nitrogens with zero attached hydrogens (tertiary/aromatic N) is 2. The lowest BCUT2D eigenvalue weighted by molar-refractivity contribution is 0.0952. The van der Waals surface area contributed by atoms with Gasteiger partial charge in [0.1, 0.15) is 10.2 Å². The van der Waals surface area contributed by atoms with Gasteiger partial charge in [-0.2, -0.15) is 5.10 Å². The SMILES string of the molecule is Cc1nn(CCCNC(=O)c2ccccc2Br)c(Cl)c1Cl. The van der Waals surface area contributed by atoms with Crippen LogP contribution in [0.3, 0.4) is 0 Å². The molecule has 112 valence electrons. The molecule has 0 fully saturated rings. The molecule has 0 bridgehead atoms. The molecular weight excluding hydrogens is 377 g/mol. The molecule has 0 spiro atoms. The van der Waals surface area contributed by atoms with Gasteiger partial charge >= 0.3 is 0 Å². The summed E-state index contributed by atoms with van der Waals surface area (Å²) in [6.07, 6.45) is 0.716. The van der Waals surface area contributed by atoms with Crippen LogP contribution in [0.15, 0.2) is 28.7 Å². The van der Waals surface area contributed by atoms with E-state index in [4.69, 9.17) is 23.2 Å². The van der Waals surface area contributed by atoms with Gasteiger partial charge in [-0.3, -0.25) is 9.48 Å². The molecule has 1 heterocycles. The van der Waals surface area contributed by atoms with Crippen molar-refractivity contribution < 1.29 is 4.79 Å². The van der Waals surface area contributed by atoms with E-state index in [9.17, 15) is 4.79 Å². The summed E-state index contributed by atoms with van der Waals surface area (Å²) in [4.78, 5) is 12.0. The summed E-state index contributed by atoms with van der Waals surface area (Å²) in [5.41, 5.74) is 1.33. The van der Waals surface area contributed by atoms with Crippen molar-refractivity contribution in [3.8, 4) is 0 Å². The molecule has 7 heteroatoms. The largest absolute Gasteiger partial charge is 0.352 e. The van der Waals surface area contributed by atoms with Gasteiger partial charge in [-0.05, 0) is 41.4 Å². The Balaban J connectivity index is 1.84. The summed E-state index contributed by atoms with van der Waals surface area (Å²) in [6.45, 7) is 2.94. The molecule has 0 aliphatic rings. The Hall–Kier alpha value is -1.04. The first-order valence-electron chi connectivity index (χ1n) is 6.42. The van der Waals surface area contributed by atoms with Crippen molar-refractivity contribution in [2.75, 3.05) is 6.54 Å². The molecule has 0 radical (unpaired) electrons. The Labute approximate surface area is 141 Å². The fraction of sp³-hybridized carbons (Fsp3) is 0.286. The van der Waals surface area contributed by atoms with E-state index in [0.717, 1.165) is 4.47 Å². The third-order valence-corrected chi connectivity index (χ3v) is 4.57. The average Bonchev–Trinajstić information content (AvgIpc) is 2.71. The van der Waals surface area contributed by atoms with Gasteiger partial charge in [0.25, 0.3) is 5.91 Å². The molecule has 0 unspecified atom stereocenters. The molecule has 4 nitrogen and oxygen atoms in total. The summed E-state index contributed by atoms with van der Waals surface area (Å²) < 4.78 is 2.42. The number of nitrogens with one attached hydrogen (secondary N) is 1. The van der Waals surface area contributed by atoms with Crippen molar-refractivity contribution in [1.82, 2.24) is 15.1 Å². The van der Waals surface area contributed by atoms with E-state index >= 15 is 0 Å². The van der Waals surface area contributed by atoms with Gasteiger partial charge in [-0.1, -0.05) is 35.3 Å². The Bertz CT molecular complexity index is 658. The van der Waals surface area contributed by atoms with Crippen LogP contribution in [0, 0.1) is 6.92 Å². The van der Waals surface area contributed by atoms with Crippen LogP contribution in [-0.4, -0.2) is 22.2 Å². The Morgan fingerprint density at radius 2 is 2.10 bits per heavy atom. The Morgan fingerprint density at radius 3 is 2.71 bits per heavy atom. The predicted octanol–water partition coefficient (Wildman–Crippen LogP) is 4.08. The summed E-state index contributed by atoms with van der Waals surface area (Å²) in [6, 6.07) is 7.30. The topological polar surface area (TPSA) is 46.9 Å². The smallest absolute Gasteiger partial charge is 0.252 e. The molecule has 0 saturated heterocycles. The molecule has 1 aromatic heterocycles. The van der Waals surface area contributed by atoms with Crippen LogP contribution in [0.1, 0.15) is 22.5 Å². The molecule has 0 atom stereocenters. The van der Waals surface area contributed by atoms with Crippen molar-refractivity contribution in [2.45, 2.75) is 19.9 Å². The number of rotatable bonds is 5. The molecule has 2 aromatic rings. The highest BCUT2D eigenvalue weighted by Gasteiger charge is 2.11. The van der Waals surface area contributed by atoms with Gasteiger partial charge in [0.15, 0.2) is 0 Å². The zero-order chi connectivity index (χ0) is 15.4. The summed E-state index contributed by atoms with van der Waals surface area (Å²) in [5.74, 6) is -0.108. The maximum atomic E-state index is 12.0. The molecule has 0 aliphatic heterocycles. The molecule has 2 rings (SSSR count). The fourth-order valence-corrected chi connectivity index (χ4v) is 2.71. The number of halogens is 3. The zero-order valence-electron chi connectivity index (χ0n) is 11.4. The van der Waals surface area contributed by atoms with Gasteiger partial charge < -0.3 is 5.32 Å². The van der Waals surface area contributed by atoms with Gasteiger partial charge in [-0.25, -0.2) is 0 Å². The first kappa shape index (κ1) is 16.3. The number of amides is 1. The monoisotopic (exact) mass is 389 g/mol. The van der Waals surface area contributed by atoms with E-state index in [2.05, 4.69) is 26.3 Å². The van der Waals surface area contributed by atoms with Gasteiger partial charge in [0.05, 0.1) is 11.3 Å². The minimum atomic E-state index is -0.108. The van der Waals surface area contributed by atoms with E-state index < -0.39 is 0 Å². The second-order valence-electron chi connectivity index (χ2n) is 4.50. The second-order valence-corrected chi connectivity index (χ2v) is 6.09. The fourth-order valence-electron chi connectivity index (χ4n) is 1.85. The molecule has 0 aliphatic carbocycles. The number of hydrogen-bond donors (Lipinski definition) is 1. The highest BCUT2D eigenvalue weighted by atomic mass is 79.9. The van der Waals surface area contributed by atoms with Crippen LogP contribution in [0.5, 0.6) is 0 Å². The van der Waals surface area contributed by atoms with Crippen molar-refractivity contribution >= 4 is 45.0 Å². The van der Waals surface area contributed by atoms with Crippen molar-refractivity contribution in [2.24, 2.45) is 0 Å². The molecule has 1 aromatic carbocycles. The summed E-state index contributed by atoms with van der Waals surface area (Å²) >= 11 is 15.4. The van der Waals surface area contributed by atoms with E-state index in [0.29, 0.717) is 40.9 Å². The summed E-state index contributed by atoms with van der Waals surface area (Å²) in [7, 11) is 0. The number of carbonyl (C=O) groups excluding carboxylic acids is 1. The third kappa shape index (κ3) is 3.99. The molecule has 0 saturated carbocycles. The van der Waals surface area contributed by atoms with Gasteiger partial charge in [-0.15, -0.1) is 0 Å². The lowest BCUT2D eigenvalue weighted by Gasteiger charge is -2.07. The second kappa shape index (κ2) is 7.29. The highest BCUT2D eigenvalue weighted by Crippen LogP contribution is 2.24. The number of aryl methyl sites for hydroxylation is 2. The van der Waals surface area contributed by atoms with E-state index in [1.165, 1.54) is 0 Å². The lowest BCUT2D eigenvalue weighted by Crippen LogP contribution is -2.25. The van der Waals surface area contributed by atoms with Crippen LogP contribution in [-0.2, 0) is 6.54 Å². The Kier molecular flexibility index (Phi) is 5.67. The quantitative estimate of drug-likeness (QED) is 0.781.